The highest BCUT2D eigenvalue weighted by molar-refractivity contribution is 7.80. The van der Waals surface area contributed by atoms with Crippen molar-refractivity contribution in [1.82, 2.24) is 4.98 Å². The standard InChI is InChI=1S/C15H15N3O2S/c16-15(21)10-4-5-17-14(8-10)18-11-2-3-12-13(9-11)20-7-1-6-19-12/h2-5,8-9H,1,6-7H2,(H2,16,21)(H,17,18). The number of rotatable bonds is 3. The van der Waals surface area contributed by atoms with Crippen LogP contribution in [0.5, 0.6) is 11.5 Å². The highest BCUT2D eigenvalue weighted by Gasteiger charge is 2.11. The Hall–Kier alpha value is -2.34. The first-order valence-electron chi connectivity index (χ1n) is 6.65. The van der Waals surface area contributed by atoms with Crippen LogP contribution >= 0.6 is 12.2 Å². The number of benzene rings is 1. The Morgan fingerprint density at radius 2 is 1.95 bits per heavy atom. The normalized spacial score (nSPS) is 13.3. The quantitative estimate of drug-likeness (QED) is 0.849. The number of fused-ring (bicyclic) bond motifs is 1. The second-order valence-electron chi connectivity index (χ2n) is 4.63. The third kappa shape index (κ3) is 3.22. The third-order valence-electron chi connectivity index (χ3n) is 3.06. The van der Waals surface area contributed by atoms with Gasteiger partial charge in [-0.05, 0) is 24.3 Å². The van der Waals surface area contributed by atoms with E-state index >= 15 is 0 Å². The van der Waals surface area contributed by atoms with Gasteiger partial charge in [0.25, 0.3) is 0 Å². The van der Waals surface area contributed by atoms with Crippen molar-refractivity contribution in [2.45, 2.75) is 6.42 Å². The summed E-state index contributed by atoms with van der Waals surface area (Å²) < 4.78 is 11.3. The molecule has 0 atom stereocenters. The highest BCUT2D eigenvalue weighted by atomic mass is 32.1. The zero-order valence-electron chi connectivity index (χ0n) is 11.3. The van der Waals surface area contributed by atoms with Gasteiger partial charge < -0.3 is 20.5 Å². The zero-order chi connectivity index (χ0) is 14.7. The number of nitrogens with two attached hydrogens (primary N) is 1. The van der Waals surface area contributed by atoms with E-state index in [-0.39, 0.29) is 0 Å². The van der Waals surface area contributed by atoms with E-state index in [1.165, 1.54) is 0 Å². The summed E-state index contributed by atoms with van der Waals surface area (Å²) in [6.07, 6.45) is 2.55. The molecule has 0 bridgehead atoms. The minimum Gasteiger partial charge on any atom is -0.490 e. The molecule has 108 valence electrons. The number of aromatic nitrogens is 1. The minimum atomic E-state index is 0.346. The second kappa shape index (κ2) is 5.97. The zero-order valence-corrected chi connectivity index (χ0v) is 12.2. The molecule has 0 saturated carbocycles. The number of hydrogen-bond donors (Lipinski definition) is 2. The van der Waals surface area contributed by atoms with Crippen LogP contribution in [0.25, 0.3) is 0 Å². The summed E-state index contributed by atoms with van der Waals surface area (Å²) in [6.45, 7) is 1.34. The summed E-state index contributed by atoms with van der Waals surface area (Å²) in [4.78, 5) is 4.60. The van der Waals surface area contributed by atoms with E-state index in [4.69, 9.17) is 27.4 Å². The Labute approximate surface area is 128 Å². The molecule has 0 saturated heterocycles. The van der Waals surface area contributed by atoms with Crippen molar-refractivity contribution in [3.8, 4) is 11.5 Å². The molecule has 2 heterocycles. The second-order valence-corrected chi connectivity index (χ2v) is 5.07. The lowest BCUT2D eigenvalue weighted by atomic mass is 10.2. The molecular formula is C15H15N3O2S. The van der Waals surface area contributed by atoms with Crippen LogP contribution in [-0.2, 0) is 0 Å². The topological polar surface area (TPSA) is 69.4 Å². The van der Waals surface area contributed by atoms with Crippen molar-refractivity contribution >= 4 is 28.7 Å². The number of anilines is 2. The maximum atomic E-state index is 5.66. The predicted molar refractivity (Wildman–Crippen MR) is 85.5 cm³/mol. The van der Waals surface area contributed by atoms with E-state index in [0.717, 1.165) is 29.2 Å². The molecule has 3 N–H and O–H groups in total. The molecule has 0 unspecified atom stereocenters. The molecule has 1 aliphatic rings. The van der Waals surface area contributed by atoms with Gasteiger partial charge in [-0.3, -0.25) is 0 Å². The van der Waals surface area contributed by atoms with Crippen LogP contribution in [0, 0.1) is 0 Å². The first-order chi connectivity index (χ1) is 10.2. The maximum absolute atomic E-state index is 5.66. The fourth-order valence-corrected chi connectivity index (χ4v) is 2.17. The lowest BCUT2D eigenvalue weighted by molar-refractivity contribution is 0.297. The van der Waals surface area contributed by atoms with Crippen molar-refractivity contribution < 1.29 is 9.47 Å². The van der Waals surface area contributed by atoms with Gasteiger partial charge in [0.1, 0.15) is 10.8 Å². The number of thiocarbonyl (C=S) groups is 1. The molecule has 1 aromatic carbocycles. The largest absolute Gasteiger partial charge is 0.490 e. The van der Waals surface area contributed by atoms with Crippen LogP contribution in [0.3, 0.4) is 0 Å². The van der Waals surface area contributed by atoms with Gasteiger partial charge in [0.05, 0.1) is 13.2 Å². The Bertz CT molecular complexity index is 676. The smallest absolute Gasteiger partial charge is 0.163 e. The van der Waals surface area contributed by atoms with Crippen LogP contribution in [0.4, 0.5) is 11.5 Å². The van der Waals surface area contributed by atoms with Crippen molar-refractivity contribution in [3.63, 3.8) is 0 Å². The van der Waals surface area contributed by atoms with E-state index in [0.29, 0.717) is 24.0 Å². The van der Waals surface area contributed by atoms with Crippen LogP contribution in [-0.4, -0.2) is 23.2 Å². The molecule has 6 heteroatoms. The van der Waals surface area contributed by atoms with Crippen molar-refractivity contribution in [3.05, 3.63) is 42.1 Å². The van der Waals surface area contributed by atoms with Crippen molar-refractivity contribution in [2.24, 2.45) is 5.73 Å². The Kier molecular flexibility index (Phi) is 3.87. The van der Waals surface area contributed by atoms with Gasteiger partial charge in [-0.1, -0.05) is 12.2 Å². The van der Waals surface area contributed by atoms with E-state index in [2.05, 4.69) is 10.3 Å². The van der Waals surface area contributed by atoms with Gasteiger partial charge in [-0.15, -0.1) is 0 Å². The average molecular weight is 301 g/mol. The molecule has 3 rings (SSSR count). The van der Waals surface area contributed by atoms with Gasteiger partial charge in [-0.25, -0.2) is 4.98 Å². The average Bonchev–Trinajstić information content (AvgIpc) is 2.72. The Morgan fingerprint density at radius 1 is 1.14 bits per heavy atom. The number of pyridine rings is 1. The van der Waals surface area contributed by atoms with Crippen LogP contribution in [0.1, 0.15) is 12.0 Å². The highest BCUT2D eigenvalue weighted by Crippen LogP contribution is 2.33. The lowest BCUT2D eigenvalue weighted by Crippen LogP contribution is -2.09. The first-order valence-corrected chi connectivity index (χ1v) is 7.06. The fraction of sp³-hybridized carbons (Fsp3) is 0.200. The minimum absolute atomic E-state index is 0.346. The fourth-order valence-electron chi connectivity index (χ4n) is 2.04. The molecule has 0 spiro atoms. The van der Waals surface area contributed by atoms with E-state index in [1.54, 1.807) is 12.3 Å². The molecule has 0 aliphatic carbocycles. The molecule has 0 fully saturated rings. The molecule has 1 aliphatic heterocycles. The molecular weight excluding hydrogens is 286 g/mol. The lowest BCUT2D eigenvalue weighted by Gasteiger charge is -2.11. The van der Waals surface area contributed by atoms with E-state index in [1.807, 2.05) is 24.3 Å². The summed E-state index contributed by atoms with van der Waals surface area (Å²) in [5.74, 6) is 2.18. The molecule has 1 aromatic heterocycles. The number of nitrogens with zero attached hydrogens (tertiary/aromatic N) is 1. The molecule has 2 aromatic rings. The Morgan fingerprint density at radius 3 is 2.76 bits per heavy atom. The Balaban J connectivity index is 1.83. The third-order valence-corrected chi connectivity index (χ3v) is 3.30. The van der Waals surface area contributed by atoms with Gasteiger partial charge in [0, 0.05) is 29.9 Å². The summed E-state index contributed by atoms with van der Waals surface area (Å²) in [6, 6.07) is 9.30. The van der Waals surface area contributed by atoms with Crippen LogP contribution in [0.15, 0.2) is 36.5 Å². The van der Waals surface area contributed by atoms with Crippen LogP contribution < -0.4 is 20.5 Å². The monoisotopic (exact) mass is 301 g/mol. The number of hydrogen-bond acceptors (Lipinski definition) is 5. The van der Waals surface area contributed by atoms with Gasteiger partial charge in [0.15, 0.2) is 11.5 Å². The van der Waals surface area contributed by atoms with Gasteiger partial charge in [0.2, 0.25) is 0 Å². The summed E-state index contributed by atoms with van der Waals surface area (Å²) in [7, 11) is 0. The molecule has 0 radical (unpaired) electrons. The van der Waals surface area contributed by atoms with Crippen LogP contribution in [0.2, 0.25) is 0 Å². The van der Waals surface area contributed by atoms with Crippen molar-refractivity contribution in [2.75, 3.05) is 18.5 Å². The number of ether oxygens (including phenoxy) is 2. The maximum Gasteiger partial charge on any atom is 0.163 e. The predicted octanol–water partition coefficient (Wildman–Crippen LogP) is 2.62. The molecule has 0 amide bonds. The summed E-state index contributed by atoms with van der Waals surface area (Å²) >= 11 is 4.97. The molecule has 5 nitrogen and oxygen atoms in total. The SMILES string of the molecule is NC(=S)c1ccnc(Nc2ccc3c(c2)OCCCO3)c1. The first kappa shape index (κ1) is 13.6. The van der Waals surface area contributed by atoms with E-state index in [9.17, 15) is 0 Å². The van der Waals surface area contributed by atoms with E-state index < -0.39 is 0 Å². The van der Waals surface area contributed by atoms with Gasteiger partial charge in [-0.2, -0.15) is 0 Å². The number of nitrogens with one attached hydrogen (secondary N) is 1. The van der Waals surface area contributed by atoms with Gasteiger partial charge >= 0.3 is 0 Å². The van der Waals surface area contributed by atoms with Crippen molar-refractivity contribution in [1.29, 1.82) is 0 Å². The molecule has 21 heavy (non-hydrogen) atoms. The summed E-state index contributed by atoms with van der Waals surface area (Å²) in [5, 5.41) is 3.21. The summed E-state index contributed by atoms with van der Waals surface area (Å²) in [5.41, 5.74) is 7.27.